The lowest BCUT2D eigenvalue weighted by atomic mass is 9.77. The molecule has 1 aromatic carbocycles. The monoisotopic (exact) mass is 310 g/mol. The first-order valence-electron chi connectivity index (χ1n) is 8.41. The number of allylic oxidation sites excluding steroid dienone is 2. The summed E-state index contributed by atoms with van der Waals surface area (Å²) in [6.45, 7) is 2.14. The molecule has 0 saturated heterocycles. The minimum absolute atomic E-state index is 0.167. The molecule has 0 unspecified atom stereocenters. The Kier molecular flexibility index (Phi) is 6.53. The summed E-state index contributed by atoms with van der Waals surface area (Å²) < 4.78 is 39.6. The van der Waals surface area contributed by atoms with Crippen LogP contribution in [-0.4, -0.2) is 0 Å². The number of hydrogen-bond donors (Lipinski definition) is 0. The third kappa shape index (κ3) is 4.62. The molecule has 0 spiro atoms. The van der Waals surface area contributed by atoms with Crippen molar-refractivity contribution in [1.82, 2.24) is 0 Å². The summed E-state index contributed by atoms with van der Waals surface area (Å²) in [6, 6.07) is 2.33. The van der Waals surface area contributed by atoms with Gasteiger partial charge in [0, 0.05) is 0 Å². The van der Waals surface area contributed by atoms with Crippen LogP contribution in [0.5, 0.6) is 0 Å². The van der Waals surface area contributed by atoms with Crippen molar-refractivity contribution < 1.29 is 13.2 Å². The molecule has 0 bridgehead atoms. The lowest BCUT2D eigenvalue weighted by molar-refractivity contribution is 0.304. The van der Waals surface area contributed by atoms with Crippen LogP contribution in [0.2, 0.25) is 0 Å². The number of hydrogen-bond acceptors (Lipinski definition) is 0. The standard InChI is InChI=1S/C19H25F3/c1-2-3-4-5-6-7-14-8-10-15(11-9-14)16-12-17(20)19(22)18(21)13-16/h3-4,12-15H,2,5-11H2,1H3/b4-3+/t14-,15-. The van der Waals surface area contributed by atoms with Crippen LogP contribution in [0.1, 0.15) is 69.8 Å². The highest BCUT2D eigenvalue weighted by atomic mass is 19.2. The number of benzene rings is 1. The van der Waals surface area contributed by atoms with Gasteiger partial charge >= 0.3 is 0 Å². The largest absolute Gasteiger partial charge is 0.204 e. The normalized spacial score (nSPS) is 22.4. The maximum atomic E-state index is 13.3. The smallest absolute Gasteiger partial charge is 0.194 e. The Morgan fingerprint density at radius 2 is 1.64 bits per heavy atom. The van der Waals surface area contributed by atoms with Crippen molar-refractivity contribution in [1.29, 1.82) is 0 Å². The Labute approximate surface area is 131 Å². The summed E-state index contributed by atoms with van der Waals surface area (Å²) in [7, 11) is 0. The summed E-state index contributed by atoms with van der Waals surface area (Å²) in [4.78, 5) is 0. The first kappa shape index (κ1) is 17.1. The highest BCUT2D eigenvalue weighted by Crippen LogP contribution is 2.38. The van der Waals surface area contributed by atoms with Crippen LogP contribution in [0.3, 0.4) is 0 Å². The molecule has 0 radical (unpaired) electrons. The summed E-state index contributed by atoms with van der Waals surface area (Å²) in [6.07, 6.45) is 13.2. The van der Waals surface area contributed by atoms with Gasteiger partial charge in [-0.15, -0.1) is 0 Å². The van der Waals surface area contributed by atoms with Crippen molar-refractivity contribution in [2.45, 2.75) is 64.2 Å². The first-order valence-corrected chi connectivity index (χ1v) is 8.41. The summed E-state index contributed by atoms with van der Waals surface area (Å²) >= 11 is 0. The molecule has 1 aromatic rings. The van der Waals surface area contributed by atoms with E-state index in [1.54, 1.807) is 0 Å². The van der Waals surface area contributed by atoms with E-state index in [-0.39, 0.29) is 5.92 Å². The Hall–Kier alpha value is -1.25. The van der Waals surface area contributed by atoms with Crippen LogP contribution in [0.4, 0.5) is 13.2 Å². The van der Waals surface area contributed by atoms with Crippen molar-refractivity contribution >= 4 is 0 Å². The van der Waals surface area contributed by atoms with E-state index >= 15 is 0 Å². The van der Waals surface area contributed by atoms with Gasteiger partial charge in [0.25, 0.3) is 0 Å². The van der Waals surface area contributed by atoms with Crippen LogP contribution in [0.15, 0.2) is 24.3 Å². The van der Waals surface area contributed by atoms with Crippen molar-refractivity contribution in [2.75, 3.05) is 0 Å². The zero-order chi connectivity index (χ0) is 15.9. The van der Waals surface area contributed by atoms with Crippen LogP contribution in [-0.2, 0) is 0 Å². The van der Waals surface area contributed by atoms with E-state index in [2.05, 4.69) is 19.1 Å². The molecule has 0 aliphatic heterocycles. The van der Waals surface area contributed by atoms with Crippen molar-refractivity contribution in [3.05, 3.63) is 47.3 Å². The van der Waals surface area contributed by atoms with Crippen molar-refractivity contribution in [3.63, 3.8) is 0 Å². The van der Waals surface area contributed by atoms with E-state index in [1.165, 1.54) is 25.0 Å². The highest BCUT2D eigenvalue weighted by molar-refractivity contribution is 5.23. The second kappa shape index (κ2) is 8.40. The molecule has 1 saturated carbocycles. The number of halogens is 3. The first-order chi connectivity index (χ1) is 10.6. The third-order valence-corrected chi connectivity index (χ3v) is 4.71. The van der Waals surface area contributed by atoms with Gasteiger partial charge in [-0.05, 0) is 74.5 Å². The molecule has 122 valence electrons. The predicted molar refractivity (Wildman–Crippen MR) is 84.3 cm³/mol. The fourth-order valence-electron chi connectivity index (χ4n) is 3.40. The van der Waals surface area contributed by atoms with Gasteiger partial charge in [0.1, 0.15) is 0 Å². The number of rotatable bonds is 6. The molecule has 0 aromatic heterocycles. The van der Waals surface area contributed by atoms with Crippen LogP contribution >= 0.6 is 0 Å². The Morgan fingerprint density at radius 3 is 2.23 bits per heavy atom. The molecule has 0 heterocycles. The second-order valence-electron chi connectivity index (χ2n) is 6.33. The predicted octanol–water partition coefficient (Wildman–Crippen LogP) is 6.51. The molecule has 0 nitrogen and oxygen atoms in total. The molecule has 1 aliphatic rings. The molecule has 0 atom stereocenters. The number of unbranched alkanes of at least 4 members (excludes halogenated alkanes) is 1. The molecule has 1 fully saturated rings. The quantitative estimate of drug-likeness (QED) is 0.319. The van der Waals surface area contributed by atoms with Gasteiger partial charge in [-0.3, -0.25) is 0 Å². The summed E-state index contributed by atoms with van der Waals surface area (Å²) in [5.74, 6) is -2.61. The molecule has 0 N–H and O–H groups in total. The van der Waals surface area contributed by atoms with Gasteiger partial charge in [-0.1, -0.05) is 25.5 Å². The topological polar surface area (TPSA) is 0 Å². The molecule has 2 rings (SSSR count). The van der Waals surface area contributed by atoms with Gasteiger partial charge in [-0.25, -0.2) is 13.2 Å². The van der Waals surface area contributed by atoms with Gasteiger partial charge in [0.05, 0.1) is 0 Å². The lowest BCUT2D eigenvalue weighted by Crippen LogP contribution is -2.14. The van der Waals surface area contributed by atoms with Gasteiger partial charge < -0.3 is 0 Å². The van der Waals surface area contributed by atoms with Gasteiger partial charge in [-0.2, -0.15) is 0 Å². The summed E-state index contributed by atoms with van der Waals surface area (Å²) in [5.41, 5.74) is 0.612. The molecular weight excluding hydrogens is 285 g/mol. The zero-order valence-electron chi connectivity index (χ0n) is 13.3. The fraction of sp³-hybridized carbons (Fsp3) is 0.579. The van der Waals surface area contributed by atoms with Gasteiger partial charge in [0.15, 0.2) is 17.5 Å². The molecule has 22 heavy (non-hydrogen) atoms. The summed E-state index contributed by atoms with van der Waals surface area (Å²) in [5, 5.41) is 0. The highest BCUT2D eigenvalue weighted by Gasteiger charge is 2.24. The van der Waals surface area contributed by atoms with Crippen LogP contribution < -0.4 is 0 Å². The van der Waals surface area contributed by atoms with Crippen molar-refractivity contribution in [2.24, 2.45) is 5.92 Å². The Bertz CT molecular complexity index is 476. The SMILES string of the molecule is CC/C=C/CCC[C@H]1CC[C@H](c2cc(F)c(F)c(F)c2)CC1. The molecule has 3 heteroatoms. The fourth-order valence-corrected chi connectivity index (χ4v) is 3.40. The van der Waals surface area contributed by atoms with E-state index in [9.17, 15) is 13.2 Å². The Balaban J connectivity index is 1.81. The average molecular weight is 310 g/mol. The molecule has 0 amide bonds. The third-order valence-electron chi connectivity index (χ3n) is 4.71. The zero-order valence-corrected chi connectivity index (χ0v) is 13.3. The second-order valence-corrected chi connectivity index (χ2v) is 6.33. The maximum Gasteiger partial charge on any atom is 0.194 e. The lowest BCUT2D eigenvalue weighted by Gasteiger charge is -2.29. The van der Waals surface area contributed by atoms with E-state index in [1.807, 2.05) is 0 Å². The van der Waals surface area contributed by atoms with E-state index < -0.39 is 17.5 Å². The van der Waals surface area contributed by atoms with E-state index in [0.29, 0.717) is 5.56 Å². The van der Waals surface area contributed by atoms with Gasteiger partial charge in [0.2, 0.25) is 0 Å². The maximum absolute atomic E-state index is 13.3. The van der Waals surface area contributed by atoms with E-state index in [4.69, 9.17) is 0 Å². The van der Waals surface area contributed by atoms with E-state index in [0.717, 1.165) is 44.4 Å². The molecular formula is C19H25F3. The van der Waals surface area contributed by atoms with Crippen LogP contribution in [0, 0.1) is 23.4 Å². The minimum Gasteiger partial charge on any atom is -0.204 e. The van der Waals surface area contributed by atoms with Crippen molar-refractivity contribution in [3.8, 4) is 0 Å². The molecule has 1 aliphatic carbocycles. The minimum atomic E-state index is -1.36. The van der Waals surface area contributed by atoms with Crippen LogP contribution in [0.25, 0.3) is 0 Å². The average Bonchev–Trinajstić information content (AvgIpc) is 2.52. The Morgan fingerprint density at radius 1 is 1.00 bits per heavy atom.